The number of halogens is 2. The zero-order valence-electron chi connectivity index (χ0n) is 11.4. The predicted octanol–water partition coefficient (Wildman–Crippen LogP) is 4.25. The Morgan fingerprint density at radius 2 is 1.80 bits per heavy atom. The Balaban J connectivity index is 2.16. The highest BCUT2D eigenvalue weighted by Crippen LogP contribution is 2.25. The summed E-state index contributed by atoms with van der Waals surface area (Å²) in [6.07, 6.45) is 1.91. The monoisotopic (exact) mass is 400 g/mol. The molecule has 2 nitrogen and oxygen atoms in total. The molecule has 0 aliphatic carbocycles. The standard InChI is InChI=1S/C16H18ClIN2/c1-2-11-3-5-12(6-4-11)9-16(20-19)13-7-8-15(18)14(17)10-13/h3-8,10,16,20H,2,9,19H2,1H3. The lowest BCUT2D eigenvalue weighted by atomic mass is 9.98. The molecule has 0 aromatic heterocycles. The lowest BCUT2D eigenvalue weighted by Crippen LogP contribution is -2.29. The summed E-state index contributed by atoms with van der Waals surface area (Å²) in [6.45, 7) is 2.16. The van der Waals surface area contributed by atoms with Crippen LogP contribution in [0, 0.1) is 3.57 Å². The maximum atomic E-state index is 6.18. The van der Waals surface area contributed by atoms with Crippen molar-refractivity contribution in [1.29, 1.82) is 0 Å². The first-order chi connectivity index (χ1) is 9.63. The van der Waals surface area contributed by atoms with Crippen molar-refractivity contribution in [3.8, 4) is 0 Å². The number of nitrogens with two attached hydrogens (primary N) is 1. The van der Waals surface area contributed by atoms with E-state index in [9.17, 15) is 0 Å². The summed E-state index contributed by atoms with van der Waals surface area (Å²) >= 11 is 8.41. The molecule has 1 unspecified atom stereocenters. The summed E-state index contributed by atoms with van der Waals surface area (Å²) < 4.78 is 1.05. The van der Waals surface area contributed by atoms with Crippen LogP contribution in [0.4, 0.5) is 0 Å². The van der Waals surface area contributed by atoms with Gasteiger partial charge >= 0.3 is 0 Å². The molecule has 0 spiro atoms. The van der Waals surface area contributed by atoms with E-state index >= 15 is 0 Å². The van der Waals surface area contributed by atoms with Crippen molar-refractivity contribution in [3.05, 3.63) is 67.7 Å². The van der Waals surface area contributed by atoms with Crippen molar-refractivity contribution in [1.82, 2.24) is 5.43 Å². The molecule has 0 amide bonds. The molecule has 0 aliphatic heterocycles. The van der Waals surface area contributed by atoms with Gasteiger partial charge in [-0.3, -0.25) is 11.3 Å². The van der Waals surface area contributed by atoms with Gasteiger partial charge in [0, 0.05) is 3.57 Å². The number of aryl methyl sites for hydroxylation is 1. The Morgan fingerprint density at radius 1 is 1.15 bits per heavy atom. The smallest absolute Gasteiger partial charge is 0.0542 e. The first-order valence-corrected chi connectivity index (χ1v) is 8.08. The highest BCUT2D eigenvalue weighted by Gasteiger charge is 2.12. The highest BCUT2D eigenvalue weighted by molar-refractivity contribution is 14.1. The minimum Gasteiger partial charge on any atom is -0.271 e. The van der Waals surface area contributed by atoms with Crippen molar-refractivity contribution in [2.75, 3.05) is 0 Å². The van der Waals surface area contributed by atoms with Gasteiger partial charge in [0.05, 0.1) is 11.1 Å². The molecule has 0 bridgehead atoms. The average molecular weight is 401 g/mol. The molecule has 0 fully saturated rings. The van der Waals surface area contributed by atoms with Gasteiger partial charge in [0.15, 0.2) is 0 Å². The minimum atomic E-state index is 0.0666. The maximum Gasteiger partial charge on any atom is 0.0542 e. The zero-order valence-corrected chi connectivity index (χ0v) is 14.3. The molecule has 3 N–H and O–H groups in total. The van der Waals surface area contributed by atoms with Crippen LogP contribution in [-0.4, -0.2) is 0 Å². The van der Waals surface area contributed by atoms with Crippen LogP contribution in [0.1, 0.15) is 29.7 Å². The number of rotatable bonds is 5. The molecular formula is C16H18ClIN2. The zero-order chi connectivity index (χ0) is 14.5. The summed E-state index contributed by atoms with van der Waals surface area (Å²) in [5.74, 6) is 5.70. The Hall–Kier alpha value is -0.620. The van der Waals surface area contributed by atoms with E-state index in [1.54, 1.807) is 0 Å². The molecule has 20 heavy (non-hydrogen) atoms. The number of hydrazine groups is 1. The van der Waals surface area contributed by atoms with Crippen molar-refractivity contribution in [2.24, 2.45) is 5.84 Å². The molecule has 1 atom stereocenters. The third-order valence-corrected chi connectivity index (χ3v) is 4.99. The van der Waals surface area contributed by atoms with E-state index in [4.69, 9.17) is 17.4 Å². The first kappa shape index (κ1) is 15.8. The maximum absolute atomic E-state index is 6.18. The molecule has 2 aromatic carbocycles. The van der Waals surface area contributed by atoms with E-state index in [0.717, 1.165) is 27.0 Å². The number of benzene rings is 2. The van der Waals surface area contributed by atoms with Gasteiger partial charge in [0.25, 0.3) is 0 Å². The summed E-state index contributed by atoms with van der Waals surface area (Å²) in [4.78, 5) is 0. The van der Waals surface area contributed by atoms with Gasteiger partial charge in [-0.05, 0) is 64.3 Å². The van der Waals surface area contributed by atoms with Gasteiger partial charge in [-0.1, -0.05) is 48.9 Å². The van der Waals surface area contributed by atoms with Gasteiger partial charge in [0.1, 0.15) is 0 Å². The molecule has 0 saturated heterocycles. The molecule has 2 rings (SSSR count). The quantitative estimate of drug-likeness (QED) is 0.447. The lowest BCUT2D eigenvalue weighted by Gasteiger charge is -2.17. The van der Waals surface area contributed by atoms with E-state index in [0.29, 0.717) is 0 Å². The molecule has 2 aromatic rings. The number of hydrogen-bond acceptors (Lipinski definition) is 2. The molecule has 0 heterocycles. The van der Waals surface area contributed by atoms with Crippen molar-refractivity contribution in [2.45, 2.75) is 25.8 Å². The van der Waals surface area contributed by atoms with E-state index in [-0.39, 0.29) is 6.04 Å². The normalized spacial score (nSPS) is 12.4. The second-order valence-corrected chi connectivity index (χ2v) is 6.34. The topological polar surface area (TPSA) is 38.0 Å². The van der Waals surface area contributed by atoms with Gasteiger partial charge in [0.2, 0.25) is 0 Å². The van der Waals surface area contributed by atoms with Gasteiger partial charge in [-0.25, -0.2) is 0 Å². The van der Waals surface area contributed by atoms with Crippen molar-refractivity contribution >= 4 is 34.2 Å². The second kappa shape index (κ2) is 7.41. The van der Waals surface area contributed by atoms with Crippen LogP contribution in [0.3, 0.4) is 0 Å². The van der Waals surface area contributed by atoms with Crippen LogP contribution >= 0.6 is 34.2 Å². The van der Waals surface area contributed by atoms with Gasteiger partial charge < -0.3 is 0 Å². The molecule has 0 radical (unpaired) electrons. The Kier molecular flexibility index (Phi) is 5.84. The van der Waals surface area contributed by atoms with Gasteiger partial charge in [-0.15, -0.1) is 0 Å². The third-order valence-electron chi connectivity index (χ3n) is 3.42. The Bertz CT molecular complexity index is 569. The Labute approximate surface area is 138 Å². The van der Waals surface area contributed by atoms with E-state index in [1.165, 1.54) is 11.1 Å². The van der Waals surface area contributed by atoms with Crippen molar-refractivity contribution in [3.63, 3.8) is 0 Å². The first-order valence-electron chi connectivity index (χ1n) is 6.63. The van der Waals surface area contributed by atoms with E-state index < -0.39 is 0 Å². The molecule has 0 aliphatic rings. The fraction of sp³-hybridized carbons (Fsp3) is 0.250. The third kappa shape index (κ3) is 3.95. The lowest BCUT2D eigenvalue weighted by molar-refractivity contribution is 0.552. The van der Waals surface area contributed by atoms with Crippen LogP contribution in [0.5, 0.6) is 0 Å². The van der Waals surface area contributed by atoms with Crippen LogP contribution in [0.15, 0.2) is 42.5 Å². The summed E-state index contributed by atoms with van der Waals surface area (Å²) in [5.41, 5.74) is 6.60. The molecule has 0 saturated carbocycles. The SMILES string of the molecule is CCc1ccc(CC(NN)c2ccc(I)c(Cl)c2)cc1. The fourth-order valence-corrected chi connectivity index (χ4v) is 2.67. The molecular weight excluding hydrogens is 383 g/mol. The van der Waals surface area contributed by atoms with Crippen LogP contribution in [-0.2, 0) is 12.8 Å². The number of nitrogens with one attached hydrogen (secondary N) is 1. The van der Waals surface area contributed by atoms with Crippen LogP contribution in [0.25, 0.3) is 0 Å². The van der Waals surface area contributed by atoms with Crippen LogP contribution in [0.2, 0.25) is 5.02 Å². The van der Waals surface area contributed by atoms with Crippen molar-refractivity contribution < 1.29 is 0 Å². The van der Waals surface area contributed by atoms with Crippen LogP contribution < -0.4 is 11.3 Å². The molecule has 106 valence electrons. The van der Waals surface area contributed by atoms with E-state index in [2.05, 4.69) is 65.3 Å². The highest BCUT2D eigenvalue weighted by atomic mass is 127. The predicted molar refractivity (Wildman–Crippen MR) is 93.8 cm³/mol. The average Bonchev–Trinajstić information content (AvgIpc) is 2.48. The van der Waals surface area contributed by atoms with E-state index in [1.807, 2.05) is 12.1 Å². The Morgan fingerprint density at radius 3 is 2.35 bits per heavy atom. The number of hydrogen-bond donors (Lipinski definition) is 2. The fourth-order valence-electron chi connectivity index (χ4n) is 2.15. The van der Waals surface area contributed by atoms with Gasteiger partial charge in [-0.2, -0.15) is 0 Å². The minimum absolute atomic E-state index is 0.0666. The molecule has 4 heteroatoms. The summed E-state index contributed by atoms with van der Waals surface area (Å²) in [6, 6.07) is 14.8. The summed E-state index contributed by atoms with van der Waals surface area (Å²) in [7, 11) is 0. The second-order valence-electron chi connectivity index (χ2n) is 4.77. The summed E-state index contributed by atoms with van der Waals surface area (Å²) in [5, 5.41) is 0.768. The largest absolute Gasteiger partial charge is 0.271 e.